The summed E-state index contributed by atoms with van der Waals surface area (Å²) < 4.78 is 15.5. The monoisotopic (exact) mass is 537 g/mol. The van der Waals surface area contributed by atoms with E-state index in [2.05, 4.69) is 94.1 Å². The van der Waals surface area contributed by atoms with Gasteiger partial charge in [-0.05, 0) is 52.1 Å². The molecule has 3 heterocycles. The van der Waals surface area contributed by atoms with Gasteiger partial charge < -0.3 is 14.2 Å². The number of para-hydroxylation sites is 3. The Balaban J connectivity index is 0.000000457. The lowest BCUT2D eigenvalue weighted by Crippen LogP contribution is -1.93. The Labute approximate surface area is 240 Å². The van der Waals surface area contributed by atoms with E-state index in [-0.39, 0.29) is 0 Å². The first-order valence-corrected chi connectivity index (χ1v) is 13.8. The molecule has 0 spiro atoms. The third-order valence-electron chi connectivity index (χ3n) is 3.45. The minimum atomic E-state index is 0.360. The lowest BCUT2D eigenvalue weighted by atomic mass is 10.0. The van der Waals surface area contributed by atoms with Crippen LogP contribution in [-0.4, -0.2) is 18.4 Å². The molecule has 0 unspecified atom stereocenters. The van der Waals surface area contributed by atoms with Crippen LogP contribution in [0, 0.1) is 16.2 Å². The van der Waals surface area contributed by atoms with Gasteiger partial charge in [-0.15, -0.1) is 0 Å². The molecular weight excluding hydrogens is 482 g/mol. The smallest absolute Gasteiger partial charge is 0.231 e. The summed E-state index contributed by atoms with van der Waals surface area (Å²) in [6.45, 7) is 27.5. The molecule has 2 aromatic carbocycles. The van der Waals surface area contributed by atoms with Gasteiger partial charge in [0.1, 0.15) is 5.75 Å². The van der Waals surface area contributed by atoms with Crippen molar-refractivity contribution >= 4 is 0 Å². The lowest BCUT2D eigenvalue weighted by molar-refractivity contribution is 0.174. The molecule has 3 aromatic rings. The van der Waals surface area contributed by atoms with Crippen molar-refractivity contribution in [3.8, 4) is 17.2 Å². The summed E-state index contributed by atoms with van der Waals surface area (Å²) in [5.41, 5.74) is 2.84. The van der Waals surface area contributed by atoms with Gasteiger partial charge in [0, 0.05) is 18.8 Å². The Bertz CT molecular complexity index is 828. The van der Waals surface area contributed by atoms with Gasteiger partial charge in [-0.3, -0.25) is 4.98 Å². The van der Waals surface area contributed by atoms with E-state index in [0.29, 0.717) is 23.0 Å². The van der Waals surface area contributed by atoms with Crippen LogP contribution in [0.25, 0.3) is 0 Å². The molecule has 2 aliphatic heterocycles. The number of benzene rings is 2. The van der Waals surface area contributed by atoms with Crippen LogP contribution in [0.15, 0.2) is 79.1 Å². The highest BCUT2D eigenvalue weighted by atomic mass is 16.7. The largest absolute Gasteiger partial charge is 0.493 e. The van der Waals surface area contributed by atoms with Crippen molar-refractivity contribution in [2.45, 2.75) is 89.5 Å². The predicted octanol–water partition coefficient (Wildman–Crippen LogP) is 10.3. The zero-order chi connectivity index (χ0) is 30.0. The molecule has 0 N–H and O–H groups in total. The SMILES string of the molecule is CC(C)(C)C.CC(C)(C)C.CC(C)(C)C.c1ccc2c(c1)CCO2.c1ccc2c(c1)OCO2.c1ccncc1. The third kappa shape index (κ3) is 27.8. The molecule has 4 heteroatoms. The lowest BCUT2D eigenvalue weighted by Gasteiger charge is -2.05. The van der Waals surface area contributed by atoms with E-state index in [4.69, 9.17) is 14.2 Å². The fraction of sp³-hybridized carbons (Fsp3) is 0.514. The van der Waals surface area contributed by atoms with Gasteiger partial charge in [-0.1, -0.05) is 119 Å². The number of hydrogen-bond acceptors (Lipinski definition) is 4. The van der Waals surface area contributed by atoms with E-state index < -0.39 is 0 Å². The van der Waals surface area contributed by atoms with Gasteiger partial charge in [-0.25, -0.2) is 0 Å². The molecule has 0 radical (unpaired) electrons. The van der Waals surface area contributed by atoms with Gasteiger partial charge >= 0.3 is 0 Å². The number of pyridine rings is 1. The summed E-state index contributed by atoms with van der Waals surface area (Å²) in [5, 5.41) is 0. The maximum absolute atomic E-state index is 5.30. The second kappa shape index (κ2) is 18.3. The van der Waals surface area contributed by atoms with E-state index in [0.717, 1.165) is 30.3 Å². The van der Waals surface area contributed by atoms with Crippen LogP contribution in [0.5, 0.6) is 17.2 Å². The molecule has 0 saturated carbocycles. The fourth-order valence-electron chi connectivity index (χ4n) is 2.28. The Morgan fingerprint density at radius 2 is 0.872 bits per heavy atom. The first kappa shape index (κ1) is 36.0. The van der Waals surface area contributed by atoms with Crippen LogP contribution in [0.3, 0.4) is 0 Å². The van der Waals surface area contributed by atoms with Crippen LogP contribution in [0.2, 0.25) is 0 Å². The maximum Gasteiger partial charge on any atom is 0.231 e. The van der Waals surface area contributed by atoms with Gasteiger partial charge in [0.2, 0.25) is 6.79 Å². The van der Waals surface area contributed by atoms with Crippen LogP contribution in [0.4, 0.5) is 0 Å². The van der Waals surface area contributed by atoms with Gasteiger partial charge in [0.15, 0.2) is 11.5 Å². The van der Waals surface area contributed by atoms with Crippen molar-refractivity contribution in [1.29, 1.82) is 0 Å². The van der Waals surface area contributed by atoms with Crippen molar-refractivity contribution in [2.24, 2.45) is 16.2 Å². The molecule has 2 aliphatic rings. The number of fused-ring (bicyclic) bond motifs is 2. The molecule has 218 valence electrons. The minimum absolute atomic E-state index is 0.360. The van der Waals surface area contributed by atoms with Crippen molar-refractivity contribution in [3.05, 3.63) is 84.7 Å². The van der Waals surface area contributed by atoms with Crippen molar-refractivity contribution in [1.82, 2.24) is 4.98 Å². The third-order valence-corrected chi connectivity index (χ3v) is 3.45. The summed E-state index contributed by atoms with van der Waals surface area (Å²) in [5.74, 6) is 2.76. The second-order valence-corrected chi connectivity index (χ2v) is 14.1. The Hall–Kier alpha value is -3.01. The number of hydrogen-bond donors (Lipinski definition) is 0. The van der Waals surface area contributed by atoms with Crippen molar-refractivity contribution in [2.75, 3.05) is 13.4 Å². The molecule has 0 atom stereocenters. The summed E-state index contributed by atoms with van der Waals surface area (Å²) in [6, 6.07) is 21.5. The number of nitrogens with zero attached hydrogens (tertiary/aromatic N) is 1. The van der Waals surface area contributed by atoms with E-state index in [1.807, 2.05) is 60.7 Å². The van der Waals surface area contributed by atoms with Gasteiger partial charge in [0.05, 0.1) is 6.61 Å². The van der Waals surface area contributed by atoms with Crippen LogP contribution < -0.4 is 14.2 Å². The molecule has 39 heavy (non-hydrogen) atoms. The van der Waals surface area contributed by atoms with Crippen molar-refractivity contribution < 1.29 is 14.2 Å². The molecule has 0 aliphatic carbocycles. The summed E-state index contributed by atoms with van der Waals surface area (Å²) >= 11 is 0. The Morgan fingerprint density at radius 1 is 0.487 bits per heavy atom. The van der Waals surface area contributed by atoms with Gasteiger partial charge in [0.25, 0.3) is 0 Å². The molecule has 0 fully saturated rings. The van der Waals surface area contributed by atoms with Crippen molar-refractivity contribution in [3.63, 3.8) is 0 Å². The Kier molecular flexibility index (Phi) is 16.9. The van der Waals surface area contributed by atoms with Crippen LogP contribution >= 0.6 is 0 Å². The fourth-order valence-corrected chi connectivity index (χ4v) is 2.28. The topological polar surface area (TPSA) is 40.6 Å². The first-order chi connectivity index (χ1) is 17.9. The predicted molar refractivity (Wildman–Crippen MR) is 168 cm³/mol. The zero-order valence-electron chi connectivity index (χ0n) is 26.8. The van der Waals surface area contributed by atoms with E-state index >= 15 is 0 Å². The average molecular weight is 538 g/mol. The minimum Gasteiger partial charge on any atom is -0.493 e. The molecule has 4 nitrogen and oxygen atoms in total. The van der Waals surface area contributed by atoms with E-state index in [9.17, 15) is 0 Å². The second-order valence-electron chi connectivity index (χ2n) is 14.1. The summed E-state index contributed by atoms with van der Waals surface area (Å²) in [7, 11) is 0. The van der Waals surface area contributed by atoms with E-state index in [1.165, 1.54) is 5.56 Å². The molecule has 5 rings (SSSR count). The summed E-state index contributed by atoms with van der Waals surface area (Å²) in [4.78, 5) is 3.78. The molecule has 0 bridgehead atoms. The molecule has 0 amide bonds. The zero-order valence-corrected chi connectivity index (χ0v) is 26.8. The maximum atomic E-state index is 5.30. The standard InChI is InChI=1S/C8H8O.C7H6O2.C5H5N.3C5H12/c1-2-4-8-7(3-1)5-6-9-8;1-2-4-7-6(3-1)8-5-9-7;1-2-4-6-5-3-1;3*1-5(2,3)4/h1-4H,5-6H2;1-4H,5H2;1-5H;3*1-4H3. The van der Waals surface area contributed by atoms with E-state index in [1.54, 1.807) is 12.4 Å². The average Bonchev–Trinajstić information content (AvgIpc) is 3.47. The highest BCUT2D eigenvalue weighted by Crippen LogP contribution is 2.30. The normalized spacial score (nSPS) is 12.4. The first-order valence-electron chi connectivity index (χ1n) is 13.8. The quantitative estimate of drug-likeness (QED) is 0.286. The molecule has 0 saturated heterocycles. The van der Waals surface area contributed by atoms with Gasteiger partial charge in [-0.2, -0.15) is 0 Å². The highest BCUT2D eigenvalue weighted by molar-refractivity contribution is 5.40. The van der Waals surface area contributed by atoms with Crippen LogP contribution in [-0.2, 0) is 6.42 Å². The number of aromatic nitrogens is 1. The highest BCUT2D eigenvalue weighted by Gasteiger charge is 2.09. The van der Waals surface area contributed by atoms with Crippen LogP contribution in [0.1, 0.15) is 88.6 Å². The number of ether oxygens (including phenoxy) is 3. The summed E-state index contributed by atoms with van der Waals surface area (Å²) in [6.07, 6.45) is 4.58. The number of rotatable bonds is 0. The molecular formula is C35H55NO3. The Morgan fingerprint density at radius 3 is 1.21 bits per heavy atom. The molecule has 1 aromatic heterocycles.